The number of pyridine rings is 1. The summed E-state index contributed by atoms with van der Waals surface area (Å²) in [6.07, 6.45) is 1.10. The van der Waals surface area contributed by atoms with Gasteiger partial charge in [0.25, 0.3) is 0 Å². The second-order valence-electron chi connectivity index (χ2n) is 5.12. The lowest BCUT2D eigenvalue weighted by Crippen LogP contribution is -2.22. The first-order chi connectivity index (χ1) is 9.74. The van der Waals surface area contributed by atoms with Crippen LogP contribution >= 0.6 is 0 Å². The molecule has 0 spiro atoms. The summed E-state index contributed by atoms with van der Waals surface area (Å²) >= 11 is 0. The molecular formula is C15H21N3O2. The van der Waals surface area contributed by atoms with Gasteiger partial charge >= 0.3 is 0 Å². The predicted octanol–water partition coefficient (Wildman–Crippen LogP) is 1.75. The zero-order chi connectivity index (χ0) is 14.4. The monoisotopic (exact) mass is 275 g/mol. The van der Waals surface area contributed by atoms with Gasteiger partial charge in [-0.25, -0.2) is 4.98 Å². The Hall–Kier alpha value is -1.64. The average Bonchev–Trinajstić information content (AvgIpc) is 2.93. The quantitative estimate of drug-likeness (QED) is 0.740. The highest BCUT2D eigenvalue weighted by Crippen LogP contribution is 2.23. The third-order valence-electron chi connectivity index (χ3n) is 3.58. The largest absolute Gasteiger partial charge is 0.382 e. The molecule has 0 radical (unpaired) electrons. The van der Waals surface area contributed by atoms with Crippen LogP contribution in [0.4, 0.5) is 5.82 Å². The zero-order valence-corrected chi connectivity index (χ0v) is 12.1. The molecule has 1 fully saturated rings. The molecule has 1 aliphatic heterocycles. The van der Waals surface area contributed by atoms with E-state index in [1.807, 2.05) is 19.1 Å². The number of rotatable bonds is 6. The van der Waals surface area contributed by atoms with Crippen molar-refractivity contribution in [3.8, 4) is 6.07 Å². The van der Waals surface area contributed by atoms with Gasteiger partial charge in [0.2, 0.25) is 0 Å². The molecule has 5 nitrogen and oxygen atoms in total. The minimum atomic E-state index is 0.516. The molecule has 1 saturated heterocycles. The van der Waals surface area contributed by atoms with Crippen molar-refractivity contribution in [3.05, 3.63) is 23.4 Å². The lowest BCUT2D eigenvalue weighted by Gasteiger charge is -2.18. The molecule has 1 atom stereocenters. The van der Waals surface area contributed by atoms with Crippen molar-refractivity contribution in [2.75, 3.05) is 44.9 Å². The first kappa shape index (κ1) is 14.8. The number of hydrogen-bond donors (Lipinski definition) is 0. The van der Waals surface area contributed by atoms with Gasteiger partial charge in [0, 0.05) is 26.1 Å². The Morgan fingerprint density at radius 2 is 2.30 bits per heavy atom. The van der Waals surface area contributed by atoms with E-state index in [0.717, 1.165) is 37.5 Å². The first-order valence-corrected chi connectivity index (χ1v) is 6.94. The van der Waals surface area contributed by atoms with Crippen LogP contribution < -0.4 is 4.90 Å². The molecule has 2 heterocycles. The van der Waals surface area contributed by atoms with Gasteiger partial charge in [0.15, 0.2) is 0 Å². The molecule has 20 heavy (non-hydrogen) atoms. The van der Waals surface area contributed by atoms with E-state index >= 15 is 0 Å². The summed E-state index contributed by atoms with van der Waals surface area (Å²) in [5.74, 6) is 1.42. The number of nitriles is 1. The maximum absolute atomic E-state index is 9.04. The molecule has 1 aliphatic rings. The van der Waals surface area contributed by atoms with Crippen molar-refractivity contribution in [2.24, 2.45) is 5.92 Å². The van der Waals surface area contributed by atoms with E-state index in [2.05, 4.69) is 16.0 Å². The standard InChI is InChI=1S/C15H21N3O2/c1-12-3-4-15(17-14(12)9-16)18-6-5-13(10-18)11-20-8-7-19-2/h3-4,13H,5-8,10-11H2,1-2H3. The SMILES string of the molecule is COCCOCC1CCN(c2ccc(C)c(C#N)n2)C1. The van der Waals surface area contributed by atoms with E-state index in [-0.39, 0.29) is 0 Å². The zero-order valence-electron chi connectivity index (χ0n) is 12.1. The third-order valence-corrected chi connectivity index (χ3v) is 3.58. The third kappa shape index (κ3) is 3.69. The lowest BCUT2D eigenvalue weighted by atomic mass is 10.1. The highest BCUT2D eigenvalue weighted by molar-refractivity contribution is 5.45. The number of aryl methyl sites for hydroxylation is 1. The summed E-state index contributed by atoms with van der Waals surface area (Å²) in [6.45, 7) is 5.87. The van der Waals surface area contributed by atoms with Crippen LogP contribution in [-0.4, -0.2) is 45.0 Å². The molecule has 5 heteroatoms. The minimum Gasteiger partial charge on any atom is -0.382 e. The summed E-state index contributed by atoms with van der Waals surface area (Å²) < 4.78 is 10.5. The first-order valence-electron chi connectivity index (χ1n) is 6.94. The molecule has 1 unspecified atom stereocenters. The van der Waals surface area contributed by atoms with Crippen molar-refractivity contribution in [1.82, 2.24) is 4.98 Å². The normalized spacial score (nSPS) is 18.2. The van der Waals surface area contributed by atoms with Gasteiger partial charge in [-0.1, -0.05) is 6.07 Å². The molecule has 0 saturated carbocycles. The highest BCUT2D eigenvalue weighted by Gasteiger charge is 2.23. The fraction of sp³-hybridized carbons (Fsp3) is 0.600. The fourth-order valence-corrected chi connectivity index (χ4v) is 2.38. The molecule has 1 aromatic rings. The number of methoxy groups -OCH3 is 1. The average molecular weight is 275 g/mol. The second kappa shape index (κ2) is 7.22. The number of anilines is 1. The Balaban J connectivity index is 1.88. The van der Waals surface area contributed by atoms with E-state index in [1.165, 1.54) is 0 Å². The van der Waals surface area contributed by atoms with Crippen LogP contribution in [0.25, 0.3) is 0 Å². The summed E-state index contributed by atoms with van der Waals surface area (Å²) in [5.41, 5.74) is 1.44. The van der Waals surface area contributed by atoms with Crippen LogP contribution in [0, 0.1) is 24.2 Å². The van der Waals surface area contributed by atoms with Crippen molar-refractivity contribution in [3.63, 3.8) is 0 Å². The Morgan fingerprint density at radius 3 is 3.05 bits per heavy atom. The number of nitrogens with zero attached hydrogens (tertiary/aromatic N) is 3. The van der Waals surface area contributed by atoms with Gasteiger partial charge in [0.1, 0.15) is 17.6 Å². The molecule has 0 N–H and O–H groups in total. The topological polar surface area (TPSA) is 58.4 Å². The van der Waals surface area contributed by atoms with Crippen LogP contribution in [0.15, 0.2) is 12.1 Å². The van der Waals surface area contributed by atoms with Gasteiger partial charge < -0.3 is 14.4 Å². The van der Waals surface area contributed by atoms with Gasteiger partial charge in [-0.2, -0.15) is 5.26 Å². The number of ether oxygens (including phenoxy) is 2. The highest BCUT2D eigenvalue weighted by atomic mass is 16.5. The smallest absolute Gasteiger partial charge is 0.145 e. The van der Waals surface area contributed by atoms with Crippen LogP contribution in [-0.2, 0) is 9.47 Å². The Morgan fingerprint density at radius 1 is 1.45 bits per heavy atom. The maximum Gasteiger partial charge on any atom is 0.145 e. The molecule has 108 valence electrons. The van der Waals surface area contributed by atoms with E-state index < -0.39 is 0 Å². The Kier molecular flexibility index (Phi) is 5.33. The van der Waals surface area contributed by atoms with Gasteiger partial charge in [-0.15, -0.1) is 0 Å². The molecule has 0 amide bonds. The van der Waals surface area contributed by atoms with Gasteiger partial charge in [-0.05, 0) is 25.0 Å². The summed E-state index contributed by atoms with van der Waals surface area (Å²) in [5, 5.41) is 9.04. The van der Waals surface area contributed by atoms with Crippen LogP contribution in [0.3, 0.4) is 0 Å². The molecule has 0 aliphatic carbocycles. The van der Waals surface area contributed by atoms with Crippen LogP contribution in [0.2, 0.25) is 0 Å². The summed E-state index contributed by atoms with van der Waals surface area (Å²) in [7, 11) is 1.68. The van der Waals surface area contributed by atoms with Crippen LogP contribution in [0.5, 0.6) is 0 Å². The van der Waals surface area contributed by atoms with Crippen LogP contribution in [0.1, 0.15) is 17.7 Å². The Bertz CT molecular complexity index is 484. The van der Waals surface area contributed by atoms with Crippen molar-refractivity contribution < 1.29 is 9.47 Å². The molecular weight excluding hydrogens is 254 g/mol. The molecule has 2 rings (SSSR count). The Labute approximate surface area is 120 Å². The van der Waals surface area contributed by atoms with E-state index in [1.54, 1.807) is 7.11 Å². The predicted molar refractivity (Wildman–Crippen MR) is 76.7 cm³/mol. The molecule has 1 aromatic heterocycles. The van der Waals surface area contributed by atoms with E-state index in [4.69, 9.17) is 14.7 Å². The van der Waals surface area contributed by atoms with Gasteiger partial charge in [-0.3, -0.25) is 0 Å². The molecule has 0 bridgehead atoms. The van der Waals surface area contributed by atoms with Crippen molar-refractivity contribution >= 4 is 5.82 Å². The van der Waals surface area contributed by atoms with Crippen molar-refractivity contribution in [2.45, 2.75) is 13.3 Å². The minimum absolute atomic E-state index is 0.516. The van der Waals surface area contributed by atoms with E-state index in [9.17, 15) is 0 Å². The summed E-state index contributed by atoms with van der Waals surface area (Å²) in [6, 6.07) is 6.09. The van der Waals surface area contributed by atoms with E-state index in [0.29, 0.717) is 24.8 Å². The fourth-order valence-electron chi connectivity index (χ4n) is 2.38. The molecule has 0 aromatic carbocycles. The number of aromatic nitrogens is 1. The van der Waals surface area contributed by atoms with Gasteiger partial charge in [0.05, 0.1) is 19.8 Å². The van der Waals surface area contributed by atoms with Crippen molar-refractivity contribution in [1.29, 1.82) is 5.26 Å². The lowest BCUT2D eigenvalue weighted by molar-refractivity contribution is 0.0549. The second-order valence-corrected chi connectivity index (χ2v) is 5.12. The summed E-state index contributed by atoms with van der Waals surface area (Å²) in [4.78, 5) is 6.65. The maximum atomic E-state index is 9.04. The number of hydrogen-bond acceptors (Lipinski definition) is 5.